The molecule has 5 rings (SSSR count). The van der Waals surface area contributed by atoms with Crippen LogP contribution in [0.3, 0.4) is 0 Å². The van der Waals surface area contributed by atoms with Gasteiger partial charge in [0.15, 0.2) is 0 Å². The number of hydrogen-bond donors (Lipinski definition) is 1. The Morgan fingerprint density at radius 3 is 2.32 bits per heavy atom. The Hall–Kier alpha value is -4.04. The molecule has 3 aromatic carbocycles. The molecule has 0 saturated heterocycles. The van der Waals surface area contributed by atoms with E-state index in [9.17, 15) is 4.79 Å². The predicted octanol–water partition coefficient (Wildman–Crippen LogP) is 5.54. The molecule has 0 bridgehead atoms. The van der Waals surface area contributed by atoms with E-state index in [1.807, 2.05) is 12.1 Å². The normalized spacial score (nSPS) is 11.5. The van der Waals surface area contributed by atoms with Gasteiger partial charge in [0, 0.05) is 53.6 Å². The molecule has 8 nitrogen and oxygen atoms in total. The molecule has 0 aliphatic carbocycles. The standard InChI is InChI=1S/C26H25N3O5/c1-4-28-22-8-5-16(13-19(22)20-14-17(33-3)6-9-23(20)28)25-27-21-15-18(34-26(30)31)7-10-24(21)29(25)11-12-32-2/h5-10,13-15H,4,11-12H2,1-3H3,(H,30,31). The van der Waals surface area contributed by atoms with Crippen LogP contribution in [0.15, 0.2) is 54.6 Å². The number of benzene rings is 3. The molecule has 0 saturated carbocycles. The largest absolute Gasteiger partial charge is 0.511 e. The third-order valence-corrected chi connectivity index (χ3v) is 6.09. The van der Waals surface area contributed by atoms with E-state index in [4.69, 9.17) is 24.3 Å². The summed E-state index contributed by atoms with van der Waals surface area (Å²) in [4.78, 5) is 15.8. The van der Waals surface area contributed by atoms with Gasteiger partial charge in [0.05, 0.1) is 24.8 Å². The van der Waals surface area contributed by atoms with Crippen molar-refractivity contribution in [3.05, 3.63) is 54.6 Å². The van der Waals surface area contributed by atoms with Crippen LogP contribution in [-0.2, 0) is 17.8 Å². The molecule has 2 aromatic heterocycles. The number of ether oxygens (including phenoxy) is 3. The van der Waals surface area contributed by atoms with Gasteiger partial charge in [-0.1, -0.05) is 0 Å². The zero-order chi connectivity index (χ0) is 23.8. The summed E-state index contributed by atoms with van der Waals surface area (Å²) < 4.78 is 20.0. The SMILES string of the molecule is CCn1c2ccc(OC)cc2c2cc(-c3nc4cc(OC(=O)O)ccc4n3CCOC)ccc21. The van der Waals surface area contributed by atoms with Gasteiger partial charge in [-0.25, -0.2) is 9.78 Å². The van der Waals surface area contributed by atoms with Crippen molar-refractivity contribution in [1.29, 1.82) is 0 Å². The van der Waals surface area contributed by atoms with Gasteiger partial charge >= 0.3 is 6.16 Å². The second-order valence-electron chi connectivity index (χ2n) is 7.96. The topological polar surface area (TPSA) is 87.7 Å². The van der Waals surface area contributed by atoms with E-state index in [1.165, 1.54) is 0 Å². The average molecular weight is 460 g/mol. The molecule has 0 atom stereocenters. The molecule has 0 amide bonds. The number of nitrogens with zero attached hydrogens (tertiary/aromatic N) is 3. The number of carboxylic acid groups (broad SMARTS) is 1. The minimum atomic E-state index is -1.36. The van der Waals surface area contributed by atoms with Gasteiger partial charge in [0.25, 0.3) is 0 Å². The highest BCUT2D eigenvalue weighted by Crippen LogP contribution is 2.35. The van der Waals surface area contributed by atoms with E-state index in [1.54, 1.807) is 26.4 Å². The summed E-state index contributed by atoms with van der Waals surface area (Å²) in [5, 5.41) is 11.2. The van der Waals surface area contributed by atoms with Crippen LogP contribution in [0.25, 0.3) is 44.2 Å². The van der Waals surface area contributed by atoms with Crippen LogP contribution in [0.1, 0.15) is 6.92 Å². The zero-order valence-electron chi connectivity index (χ0n) is 19.2. The van der Waals surface area contributed by atoms with Crippen molar-refractivity contribution >= 4 is 39.0 Å². The molecule has 0 unspecified atom stereocenters. The number of aromatic nitrogens is 3. The van der Waals surface area contributed by atoms with Gasteiger partial charge in [-0.3, -0.25) is 0 Å². The van der Waals surface area contributed by atoms with E-state index in [-0.39, 0.29) is 5.75 Å². The summed E-state index contributed by atoms with van der Waals surface area (Å²) in [7, 11) is 3.34. The third-order valence-electron chi connectivity index (χ3n) is 6.09. The third kappa shape index (κ3) is 3.62. The van der Waals surface area contributed by atoms with Crippen LogP contribution in [0.2, 0.25) is 0 Å². The zero-order valence-corrected chi connectivity index (χ0v) is 19.2. The van der Waals surface area contributed by atoms with E-state index >= 15 is 0 Å². The van der Waals surface area contributed by atoms with E-state index in [0.717, 1.165) is 51.0 Å². The van der Waals surface area contributed by atoms with Gasteiger partial charge in [-0.15, -0.1) is 0 Å². The molecule has 174 valence electrons. The molecule has 1 N–H and O–H groups in total. The van der Waals surface area contributed by atoms with Crippen molar-refractivity contribution in [2.45, 2.75) is 20.0 Å². The molecule has 5 aromatic rings. The number of aryl methyl sites for hydroxylation is 1. The molecule has 8 heteroatoms. The van der Waals surface area contributed by atoms with Crippen LogP contribution in [-0.4, -0.2) is 46.2 Å². The number of fused-ring (bicyclic) bond motifs is 4. The number of imidazole rings is 1. The molecule has 2 heterocycles. The van der Waals surface area contributed by atoms with Gasteiger partial charge in [0.2, 0.25) is 0 Å². The quantitative estimate of drug-likeness (QED) is 0.254. The number of carbonyl (C=O) groups is 1. The average Bonchev–Trinajstić information content (AvgIpc) is 3.36. The smallest absolute Gasteiger partial charge is 0.497 e. The Morgan fingerprint density at radius 1 is 0.912 bits per heavy atom. The first-order valence-corrected chi connectivity index (χ1v) is 11.0. The van der Waals surface area contributed by atoms with Crippen molar-refractivity contribution in [3.63, 3.8) is 0 Å². The monoisotopic (exact) mass is 459 g/mol. The summed E-state index contributed by atoms with van der Waals surface area (Å²) in [6.07, 6.45) is -1.36. The number of methoxy groups -OCH3 is 2. The molecule has 0 fully saturated rings. The second-order valence-corrected chi connectivity index (χ2v) is 7.96. The van der Waals surface area contributed by atoms with Crippen LogP contribution < -0.4 is 9.47 Å². The predicted molar refractivity (Wildman–Crippen MR) is 131 cm³/mol. The first-order chi connectivity index (χ1) is 16.5. The van der Waals surface area contributed by atoms with Crippen molar-refractivity contribution in [2.75, 3.05) is 20.8 Å². The van der Waals surface area contributed by atoms with Crippen molar-refractivity contribution in [3.8, 4) is 22.9 Å². The van der Waals surface area contributed by atoms with Gasteiger partial charge in [0.1, 0.15) is 17.3 Å². The molecular formula is C26H25N3O5. The Morgan fingerprint density at radius 2 is 1.62 bits per heavy atom. The summed E-state index contributed by atoms with van der Waals surface area (Å²) >= 11 is 0. The van der Waals surface area contributed by atoms with Gasteiger partial charge < -0.3 is 28.5 Å². The lowest BCUT2D eigenvalue weighted by Gasteiger charge is -2.10. The first kappa shape index (κ1) is 21.8. The Labute approximate surface area is 195 Å². The van der Waals surface area contributed by atoms with Crippen molar-refractivity contribution in [1.82, 2.24) is 14.1 Å². The second kappa shape index (κ2) is 8.72. The van der Waals surface area contributed by atoms with Gasteiger partial charge in [-0.2, -0.15) is 0 Å². The lowest BCUT2D eigenvalue weighted by molar-refractivity contribution is 0.144. The fraction of sp³-hybridized carbons (Fsp3) is 0.231. The minimum absolute atomic E-state index is 0.233. The first-order valence-electron chi connectivity index (χ1n) is 11.0. The van der Waals surface area contributed by atoms with Crippen LogP contribution in [0.4, 0.5) is 4.79 Å². The van der Waals surface area contributed by atoms with Crippen molar-refractivity contribution < 1.29 is 24.1 Å². The molecule has 0 aliphatic rings. The molecule has 0 spiro atoms. The number of rotatable bonds is 7. The highest BCUT2D eigenvalue weighted by Gasteiger charge is 2.17. The lowest BCUT2D eigenvalue weighted by atomic mass is 10.1. The maximum atomic E-state index is 11.0. The summed E-state index contributed by atoms with van der Waals surface area (Å²) in [5.74, 6) is 1.82. The fourth-order valence-electron chi connectivity index (χ4n) is 4.59. The Bertz CT molecular complexity index is 1530. The van der Waals surface area contributed by atoms with Crippen LogP contribution >= 0.6 is 0 Å². The fourth-order valence-corrected chi connectivity index (χ4v) is 4.59. The summed E-state index contributed by atoms with van der Waals surface area (Å²) in [6, 6.07) is 17.6. The van der Waals surface area contributed by atoms with Crippen LogP contribution in [0, 0.1) is 0 Å². The maximum Gasteiger partial charge on any atom is 0.511 e. The number of hydrogen-bond acceptors (Lipinski definition) is 5. The Balaban J connectivity index is 1.72. The lowest BCUT2D eigenvalue weighted by Crippen LogP contribution is -2.06. The minimum Gasteiger partial charge on any atom is -0.497 e. The summed E-state index contributed by atoms with van der Waals surface area (Å²) in [6.45, 7) is 4.10. The maximum absolute atomic E-state index is 11.0. The van der Waals surface area contributed by atoms with Gasteiger partial charge in [-0.05, 0) is 55.5 Å². The van der Waals surface area contributed by atoms with Crippen LogP contribution in [0.5, 0.6) is 11.5 Å². The molecule has 34 heavy (non-hydrogen) atoms. The highest BCUT2D eigenvalue weighted by atomic mass is 16.7. The van der Waals surface area contributed by atoms with E-state index < -0.39 is 6.16 Å². The van der Waals surface area contributed by atoms with E-state index in [0.29, 0.717) is 18.7 Å². The Kier molecular flexibility index (Phi) is 5.59. The van der Waals surface area contributed by atoms with E-state index in [2.05, 4.69) is 46.4 Å². The highest BCUT2D eigenvalue weighted by molar-refractivity contribution is 6.09. The van der Waals surface area contributed by atoms with Crippen molar-refractivity contribution in [2.24, 2.45) is 0 Å². The summed E-state index contributed by atoms with van der Waals surface area (Å²) in [5.41, 5.74) is 4.79. The molecular weight excluding hydrogens is 434 g/mol. The molecule has 0 radical (unpaired) electrons. The molecule has 0 aliphatic heterocycles.